The van der Waals surface area contributed by atoms with Crippen LogP contribution in [0.15, 0.2) is 24.3 Å². The van der Waals surface area contributed by atoms with Gasteiger partial charge in [-0.25, -0.2) is 0 Å². The molecule has 0 atom stereocenters. The summed E-state index contributed by atoms with van der Waals surface area (Å²) in [6.07, 6.45) is 4.15. The van der Waals surface area contributed by atoms with E-state index in [9.17, 15) is 0 Å². The van der Waals surface area contributed by atoms with Gasteiger partial charge in [-0.15, -0.1) is 37.2 Å². The van der Waals surface area contributed by atoms with Gasteiger partial charge in [0.2, 0.25) is 0 Å². The molecule has 0 aliphatic carbocycles. The van der Waals surface area contributed by atoms with Crippen molar-refractivity contribution < 1.29 is 0 Å². The van der Waals surface area contributed by atoms with Gasteiger partial charge in [-0.2, -0.15) is 0 Å². The average Bonchev–Trinajstić information content (AvgIpc) is 2.42. The molecule has 0 spiro atoms. The Labute approximate surface area is 147 Å². The van der Waals surface area contributed by atoms with Crippen molar-refractivity contribution in [3.8, 4) is 0 Å². The molecule has 1 fully saturated rings. The van der Waals surface area contributed by atoms with Gasteiger partial charge < -0.3 is 15.5 Å². The third-order valence-corrected chi connectivity index (χ3v) is 3.77. The van der Waals surface area contributed by atoms with Gasteiger partial charge in [0.1, 0.15) is 0 Å². The van der Waals surface area contributed by atoms with E-state index in [4.69, 9.17) is 5.73 Å². The summed E-state index contributed by atoms with van der Waals surface area (Å²) < 4.78 is 0. The Hall–Kier alpha value is -0.350. The van der Waals surface area contributed by atoms with Crippen LogP contribution in [0, 0.1) is 0 Å². The summed E-state index contributed by atoms with van der Waals surface area (Å²) in [6, 6.07) is 8.21. The summed E-state index contributed by atoms with van der Waals surface area (Å²) in [5, 5.41) is 0. The van der Waals surface area contributed by atoms with E-state index >= 15 is 0 Å². The van der Waals surface area contributed by atoms with E-state index in [1.165, 1.54) is 44.6 Å². The van der Waals surface area contributed by atoms with E-state index in [2.05, 4.69) is 28.9 Å². The predicted octanol–water partition coefficient (Wildman–Crippen LogP) is 3.85. The van der Waals surface area contributed by atoms with Crippen molar-refractivity contribution >= 4 is 48.6 Å². The number of nitrogen functional groups attached to an aromatic ring is 1. The van der Waals surface area contributed by atoms with Gasteiger partial charge in [0, 0.05) is 31.0 Å². The van der Waals surface area contributed by atoms with E-state index in [0.717, 1.165) is 18.8 Å². The number of benzene rings is 1. The molecule has 0 aromatic heterocycles. The van der Waals surface area contributed by atoms with Crippen molar-refractivity contribution in [1.82, 2.24) is 4.90 Å². The number of nitrogens with two attached hydrogens (primary N) is 1. The highest BCUT2D eigenvalue weighted by Crippen LogP contribution is 2.16. The molecule has 1 aliphatic heterocycles. The number of piperidine rings is 1. The van der Waals surface area contributed by atoms with Crippen molar-refractivity contribution in [3.05, 3.63) is 24.3 Å². The van der Waals surface area contributed by atoms with Crippen LogP contribution in [0.5, 0.6) is 0 Å². The lowest BCUT2D eigenvalue weighted by atomic mass is 10.1. The fourth-order valence-corrected chi connectivity index (χ4v) is 2.60. The highest BCUT2D eigenvalue weighted by atomic mass is 35.5. The van der Waals surface area contributed by atoms with Gasteiger partial charge in [-0.1, -0.05) is 6.42 Å². The highest BCUT2D eigenvalue weighted by molar-refractivity contribution is 5.86. The second-order valence-corrected chi connectivity index (χ2v) is 5.07. The Morgan fingerprint density at radius 3 is 2.10 bits per heavy atom. The van der Waals surface area contributed by atoms with Crippen molar-refractivity contribution in [3.63, 3.8) is 0 Å². The van der Waals surface area contributed by atoms with Crippen molar-refractivity contribution in [2.45, 2.75) is 26.2 Å². The molecule has 1 aromatic rings. The second kappa shape index (κ2) is 12.2. The van der Waals surface area contributed by atoms with Crippen LogP contribution in [0.25, 0.3) is 0 Å². The summed E-state index contributed by atoms with van der Waals surface area (Å²) in [7, 11) is 0. The molecular formula is C15H28Cl3N3. The maximum absolute atomic E-state index is 5.73. The smallest absolute Gasteiger partial charge is 0.0368 e. The molecule has 21 heavy (non-hydrogen) atoms. The van der Waals surface area contributed by atoms with E-state index < -0.39 is 0 Å². The topological polar surface area (TPSA) is 32.5 Å². The molecule has 2 rings (SSSR count). The molecular weight excluding hydrogens is 329 g/mol. The molecule has 0 saturated carbocycles. The van der Waals surface area contributed by atoms with Gasteiger partial charge >= 0.3 is 0 Å². The largest absolute Gasteiger partial charge is 0.399 e. The number of likely N-dealkylation sites (tertiary alicyclic amines) is 1. The number of hydrogen-bond donors (Lipinski definition) is 1. The first kappa shape index (κ1) is 22.9. The Morgan fingerprint density at radius 1 is 1.00 bits per heavy atom. The lowest BCUT2D eigenvalue weighted by Gasteiger charge is -2.30. The van der Waals surface area contributed by atoms with E-state index in [0.29, 0.717) is 0 Å². The number of nitrogens with zero attached hydrogens (tertiary/aromatic N) is 2. The Bertz CT molecular complexity index is 354. The third kappa shape index (κ3) is 7.46. The molecule has 0 unspecified atom stereocenters. The Balaban J connectivity index is 0. The third-order valence-electron chi connectivity index (χ3n) is 3.77. The van der Waals surface area contributed by atoms with Crippen LogP contribution in [0.2, 0.25) is 0 Å². The molecule has 0 radical (unpaired) electrons. The minimum absolute atomic E-state index is 0. The molecule has 1 heterocycles. The van der Waals surface area contributed by atoms with Crippen LogP contribution in [0.1, 0.15) is 26.2 Å². The maximum atomic E-state index is 5.73. The van der Waals surface area contributed by atoms with Gasteiger partial charge in [0.05, 0.1) is 0 Å². The predicted molar refractivity (Wildman–Crippen MR) is 101 cm³/mol. The number of likely N-dealkylation sites (N-methyl/N-ethyl adjacent to an activating group) is 1. The summed E-state index contributed by atoms with van der Waals surface area (Å²) in [5.41, 5.74) is 7.85. The number of halogens is 3. The van der Waals surface area contributed by atoms with Crippen LogP contribution in [-0.2, 0) is 0 Å². The molecule has 1 saturated heterocycles. The standard InChI is InChI=1S/C15H25N3.3ClH/c1-2-18(15-8-6-14(16)7-9-15)13-12-17-10-4-3-5-11-17;;;/h6-9H,2-5,10-13,16H2,1H3;3*1H. The number of rotatable bonds is 5. The molecule has 6 heteroatoms. The van der Waals surface area contributed by atoms with Crippen LogP contribution in [0.4, 0.5) is 11.4 Å². The van der Waals surface area contributed by atoms with E-state index in [1.54, 1.807) is 0 Å². The van der Waals surface area contributed by atoms with Gasteiger partial charge in [-0.05, 0) is 57.1 Å². The summed E-state index contributed by atoms with van der Waals surface area (Å²) >= 11 is 0. The summed E-state index contributed by atoms with van der Waals surface area (Å²) in [5.74, 6) is 0. The zero-order valence-electron chi connectivity index (χ0n) is 12.7. The minimum Gasteiger partial charge on any atom is -0.399 e. The lowest BCUT2D eigenvalue weighted by molar-refractivity contribution is 0.233. The monoisotopic (exact) mass is 355 g/mol. The average molecular weight is 357 g/mol. The van der Waals surface area contributed by atoms with Crippen LogP contribution >= 0.6 is 37.2 Å². The fraction of sp³-hybridized carbons (Fsp3) is 0.600. The first-order valence-corrected chi connectivity index (χ1v) is 7.12. The zero-order chi connectivity index (χ0) is 12.8. The summed E-state index contributed by atoms with van der Waals surface area (Å²) in [4.78, 5) is 5.01. The maximum Gasteiger partial charge on any atom is 0.0368 e. The molecule has 124 valence electrons. The highest BCUT2D eigenvalue weighted by Gasteiger charge is 2.11. The molecule has 3 nitrogen and oxygen atoms in total. The van der Waals surface area contributed by atoms with Gasteiger partial charge in [-0.3, -0.25) is 0 Å². The van der Waals surface area contributed by atoms with E-state index in [-0.39, 0.29) is 37.2 Å². The molecule has 0 amide bonds. The normalized spacial score (nSPS) is 14.3. The first-order chi connectivity index (χ1) is 8.79. The Kier molecular flexibility index (Phi) is 13.3. The molecule has 2 N–H and O–H groups in total. The first-order valence-electron chi connectivity index (χ1n) is 7.12. The SMILES string of the molecule is CCN(CCN1CCCCC1)c1ccc(N)cc1.Cl.Cl.Cl. The lowest BCUT2D eigenvalue weighted by Crippen LogP contribution is -2.37. The number of hydrogen-bond acceptors (Lipinski definition) is 3. The minimum atomic E-state index is 0. The van der Waals surface area contributed by atoms with Gasteiger partial charge in [0.25, 0.3) is 0 Å². The molecule has 1 aromatic carbocycles. The summed E-state index contributed by atoms with van der Waals surface area (Å²) in [6.45, 7) is 8.11. The molecule has 0 bridgehead atoms. The fourth-order valence-electron chi connectivity index (χ4n) is 2.60. The Morgan fingerprint density at radius 2 is 1.57 bits per heavy atom. The quantitative estimate of drug-likeness (QED) is 0.813. The molecule has 1 aliphatic rings. The number of anilines is 2. The van der Waals surface area contributed by atoms with E-state index in [1.807, 2.05) is 12.1 Å². The van der Waals surface area contributed by atoms with Crippen molar-refractivity contribution in [2.24, 2.45) is 0 Å². The second-order valence-electron chi connectivity index (χ2n) is 5.07. The van der Waals surface area contributed by atoms with Crippen LogP contribution in [-0.4, -0.2) is 37.6 Å². The van der Waals surface area contributed by atoms with Crippen LogP contribution < -0.4 is 10.6 Å². The van der Waals surface area contributed by atoms with Crippen molar-refractivity contribution in [2.75, 3.05) is 43.4 Å². The van der Waals surface area contributed by atoms with Gasteiger partial charge in [0.15, 0.2) is 0 Å². The van der Waals surface area contributed by atoms with Crippen LogP contribution in [0.3, 0.4) is 0 Å². The van der Waals surface area contributed by atoms with Crippen molar-refractivity contribution in [1.29, 1.82) is 0 Å². The zero-order valence-corrected chi connectivity index (χ0v) is 15.1.